The first-order valence-corrected chi connectivity index (χ1v) is 6.69. The molecule has 0 radical (unpaired) electrons. The van der Waals surface area contributed by atoms with Gasteiger partial charge in [-0.25, -0.2) is 4.39 Å². The van der Waals surface area contributed by atoms with Crippen LogP contribution in [-0.4, -0.2) is 36.3 Å². The van der Waals surface area contributed by atoms with E-state index in [1.165, 1.54) is 18.2 Å². The molecule has 1 aliphatic rings. The fraction of sp³-hybridized carbons (Fsp3) is 0.429. The van der Waals surface area contributed by atoms with Gasteiger partial charge >= 0.3 is 0 Å². The average Bonchev–Trinajstić information content (AvgIpc) is 2.95. The van der Waals surface area contributed by atoms with Crippen molar-refractivity contribution >= 4 is 17.5 Å². The molecule has 1 aromatic carbocycles. The Balaban J connectivity index is 1.83. The van der Waals surface area contributed by atoms with E-state index in [9.17, 15) is 14.0 Å². The molecule has 1 aliphatic heterocycles. The summed E-state index contributed by atoms with van der Waals surface area (Å²) in [5, 5.41) is 2.59. The SMILES string of the molecule is Nc1c(F)cccc1C(=O)NCCC(=O)N1CCCC1. The first-order chi connectivity index (χ1) is 9.59. The number of nitrogens with two attached hydrogens (primary N) is 1. The fourth-order valence-corrected chi connectivity index (χ4v) is 2.24. The molecule has 6 heteroatoms. The number of carbonyl (C=O) groups excluding carboxylic acids is 2. The van der Waals surface area contributed by atoms with E-state index in [4.69, 9.17) is 5.73 Å². The molecule has 0 atom stereocenters. The van der Waals surface area contributed by atoms with Crippen LogP contribution in [0.1, 0.15) is 29.6 Å². The van der Waals surface area contributed by atoms with Gasteiger partial charge in [-0.1, -0.05) is 6.07 Å². The molecule has 0 aromatic heterocycles. The highest BCUT2D eigenvalue weighted by atomic mass is 19.1. The molecule has 2 amide bonds. The van der Waals surface area contributed by atoms with Gasteiger partial charge in [-0.15, -0.1) is 0 Å². The first-order valence-electron chi connectivity index (χ1n) is 6.69. The largest absolute Gasteiger partial charge is 0.396 e. The maximum Gasteiger partial charge on any atom is 0.253 e. The quantitative estimate of drug-likeness (QED) is 0.812. The zero-order chi connectivity index (χ0) is 14.5. The zero-order valence-electron chi connectivity index (χ0n) is 11.2. The van der Waals surface area contributed by atoms with Crippen molar-refractivity contribution in [3.63, 3.8) is 0 Å². The molecule has 0 aliphatic carbocycles. The van der Waals surface area contributed by atoms with Crippen LogP contribution in [0.4, 0.5) is 10.1 Å². The van der Waals surface area contributed by atoms with Gasteiger partial charge in [0.05, 0.1) is 11.3 Å². The summed E-state index contributed by atoms with van der Waals surface area (Å²) in [4.78, 5) is 25.4. The second kappa shape index (κ2) is 6.36. The predicted octanol–water partition coefficient (Wildman–Crippen LogP) is 1.15. The predicted molar refractivity (Wildman–Crippen MR) is 73.6 cm³/mol. The number of hydrogen-bond acceptors (Lipinski definition) is 3. The minimum Gasteiger partial charge on any atom is -0.396 e. The van der Waals surface area contributed by atoms with Crippen molar-refractivity contribution in [2.45, 2.75) is 19.3 Å². The number of likely N-dealkylation sites (tertiary alicyclic amines) is 1. The number of nitrogens with zero attached hydrogens (tertiary/aromatic N) is 1. The number of nitrogen functional groups attached to an aromatic ring is 1. The molecule has 20 heavy (non-hydrogen) atoms. The van der Waals surface area contributed by atoms with Crippen LogP contribution in [0.15, 0.2) is 18.2 Å². The number of halogens is 1. The first kappa shape index (κ1) is 14.3. The summed E-state index contributed by atoms with van der Waals surface area (Å²) in [5.41, 5.74) is 5.43. The van der Waals surface area contributed by atoms with Crippen molar-refractivity contribution in [1.82, 2.24) is 10.2 Å². The van der Waals surface area contributed by atoms with Gasteiger partial charge in [-0.3, -0.25) is 9.59 Å². The number of benzene rings is 1. The fourth-order valence-electron chi connectivity index (χ4n) is 2.24. The number of hydrogen-bond donors (Lipinski definition) is 2. The van der Waals surface area contributed by atoms with E-state index in [1.54, 1.807) is 4.90 Å². The van der Waals surface area contributed by atoms with E-state index in [0.29, 0.717) is 0 Å². The Morgan fingerprint density at radius 3 is 2.70 bits per heavy atom. The van der Waals surface area contributed by atoms with E-state index in [-0.39, 0.29) is 30.1 Å². The second-order valence-corrected chi connectivity index (χ2v) is 4.79. The third-order valence-electron chi connectivity index (χ3n) is 3.38. The second-order valence-electron chi connectivity index (χ2n) is 4.79. The van der Waals surface area contributed by atoms with Gasteiger partial charge in [0.1, 0.15) is 5.82 Å². The maximum atomic E-state index is 13.2. The highest BCUT2D eigenvalue weighted by Gasteiger charge is 2.18. The normalized spacial score (nSPS) is 14.3. The topological polar surface area (TPSA) is 75.4 Å². The van der Waals surface area contributed by atoms with E-state index < -0.39 is 11.7 Å². The van der Waals surface area contributed by atoms with Gasteiger partial charge in [-0.05, 0) is 25.0 Å². The third kappa shape index (κ3) is 3.26. The van der Waals surface area contributed by atoms with E-state index in [1.807, 2.05) is 0 Å². The number of anilines is 1. The van der Waals surface area contributed by atoms with Crippen molar-refractivity contribution in [1.29, 1.82) is 0 Å². The Hall–Kier alpha value is -2.11. The number of amides is 2. The maximum absolute atomic E-state index is 13.2. The summed E-state index contributed by atoms with van der Waals surface area (Å²) in [6.07, 6.45) is 2.33. The van der Waals surface area contributed by atoms with Gasteiger partial charge < -0.3 is 16.0 Å². The van der Waals surface area contributed by atoms with E-state index in [0.717, 1.165) is 25.9 Å². The van der Waals surface area contributed by atoms with Crippen LogP contribution in [0.3, 0.4) is 0 Å². The Bertz CT molecular complexity index is 513. The Kier molecular flexibility index (Phi) is 4.55. The molecule has 1 aromatic rings. The van der Waals surface area contributed by atoms with Gasteiger partial charge in [-0.2, -0.15) is 0 Å². The number of para-hydroxylation sites is 1. The minimum absolute atomic E-state index is 0.0371. The molecule has 108 valence electrons. The van der Waals surface area contributed by atoms with Crippen LogP contribution in [0.2, 0.25) is 0 Å². The zero-order valence-corrected chi connectivity index (χ0v) is 11.2. The van der Waals surface area contributed by atoms with Crippen LogP contribution in [-0.2, 0) is 4.79 Å². The minimum atomic E-state index is -0.620. The summed E-state index contributed by atoms with van der Waals surface area (Å²) in [5.74, 6) is -1.04. The Labute approximate surface area is 116 Å². The van der Waals surface area contributed by atoms with Gasteiger partial charge in [0, 0.05) is 26.1 Å². The molecule has 1 saturated heterocycles. The molecule has 0 spiro atoms. The van der Waals surface area contributed by atoms with Gasteiger partial charge in [0.25, 0.3) is 5.91 Å². The van der Waals surface area contributed by atoms with E-state index in [2.05, 4.69) is 5.32 Å². The van der Waals surface area contributed by atoms with Gasteiger partial charge in [0.15, 0.2) is 0 Å². The average molecular weight is 279 g/mol. The standard InChI is InChI=1S/C14H18FN3O2/c15-11-5-3-4-10(13(11)16)14(20)17-7-6-12(19)18-8-1-2-9-18/h3-5H,1-2,6-9,16H2,(H,17,20). The molecule has 1 heterocycles. The number of rotatable bonds is 4. The summed E-state index contributed by atoms with van der Waals surface area (Å²) >= 11 is 0. The highest BCUT2D eigenvalue weighted by molar-refractivity contribution is 5.99. The molecular weight excluding hydrogens is 261 g/mol. The summed E-state index contributed by atoms with van der Waals surface area (Å²) < 4.78 is 13.2. The lowest BCUT2D eigenvalue weighted by Crippen LogP contribution is -2.33. The summed E-state index contributed by atoms with van der Waals surface area (Å²) in [6.45, 7) is 1.82. The molecular formula is C14H18FN3O2. The molecule has 0 saturated carbocycles. The highest BCUT2D eigenvalue weighted by Crippen LogP contribution is 2.15. The number of nitrogens with one attached hydrogen (secondary N) is 1. The van der Waals surface area contributed by atoms with Crippen LogP contribution in [0.5, 0.6) is 0 Å². The van der Waals surface area contributed by atoms with Crippen molar-refractivity contribution < 1.29 is 14.0 Å². The lowest BCUT2D eigenvalue weighted by Gasteiger charge is -2.15. The third-order valence-corrected chi connectivity index (χ3v) is 3.38. The van der Waals surface area contributed by atoms with Gasteiger partial charge in [0.2, 0.25) is 5.91 Å². The molecule has 0 unspecified atom stereocenters. The summed E-state index contributed by atoms with van der Waals surface area (Å²) in [6, 6.07) is 4.08. The number of carbonyl (C=O) groups is 2. The van der Waals surface area contributed by atoms with Crippen LogP contribution in [0, 0.1) is 5.82 Å². The van der Waals surface area contributed by atoms with Crippen LogP contribution < -0.4 is 11.1 Å². The monoisotopic (exact) mass is 279 g/mol. The lowest BCUT2D eigenvalue weighted by atomic mass is 10.1. The van der Waals surface area contributed by atoms with Crippen molar-refractivity contribution in [3.8, 4) is 0 Å². The van der Waals surface area contributed by atoms with E-state index >= 15 is 0 Å². The summed E-state index contributed by atoms with van der Waals surface area (Å²) in [7, 11) is 0. The van der Waals surface area contributed by atoms with Crippen molar-refractivity contribution in [2.75, 3.05) is 25.4 Å². The molecule has 2 rings (SSSR count). The Morgan fingerprint density at radius 2 is 2.00 bits per heavy atom. The molecule has 3 N–H and O–H groups in total. The molecule has 5 nitrogen and oxygen atoms in total. The van der Waals surface area contributed by atoms with Crippen LogP contribution >= 0.6 is 0 Å². The van der Waals surface area contributed by atoms with Crippen molar-refractivity contribution in [3.05, 3.63) is 29.6 Å². The molecule has 0 bridgehead atoms. The Morgan fingerprint density at radius 1 is 1.30 bits per heavy atom. The lowest BCUT2D eigenvalue weighted by molar-refractivity contribution is -0.129. The van der Waals surface area contributed by atoms with Crippen molar-refractivity contribution in [2.24, 2.45) is 0 Å². The van der Waals surface area contributed by atoms with Crippen LogP contribution in [0.25, 0.3) is 0 Å². The molecule has 1 fully saturated rings. The smallest absolute Gasteiger partial charge is 0.253 e.